The Labute approximate surface area is 116 Å². The van der Waals surface area contributed by atoms with E-state index in [1.165, 1.54) is 0 Å². The first-order valence-corrected chi connectivity index (χ1v) is 7.48. The average molecular weight is 268 g/mol. The summed E-state index contributed by atoms with van der Waals surface area (Å²) in [6, 6.07) is 0.595. The predicted molar refractivity (Wildman–Crippen MR) is 77.5 cm³/mol. The van der Waals surface area contributed by atoms with Gasteiger partial charge in [-0.1, -0.05) is 0 Å². The van der Waals surface area contributed by atoms with E-state index in [4.69, 9.17) is 15.9 Å². The van der Waals surface area contributed by atoms with Crippen LogP contribution in [-0.4, -0.2) is 67.1 Å². The van der Waals surface area contributed by atoms with Crippen LogP contribution in [0.3, 0.4) is 0 Å². The minimum absolute atomic E-state index is 0.249. The molecule has 5 nitrogen and oxygen atoms in total. The Balaban J connectivity index is 1.81. The standard InChI is InChI=1S/C14H28N4O/c1-11(2)18-6-7-19-13(10-18)9-17-5-3-4-12(8-17)14(15)16/h11-13H,3-10H2,1-2H3,(H3,15,16). The van der Waals surface area contributed by atoms with Crippen molar-refractivity contribution in [2.75, 3.05) is 39.3 Å². The summed E-state index contributed by atoms with van der Waals surface area (Å²) in [5.41, 5.74) is 5.64. The van der Waals surface area contributed by atoms with Crippen LogP contribution in [0.4, 0.5) is 0 Å². The number of likely N-dealkylation sites (tertiary alicyclic amines) is 1. The molecule has 0 saturated carbocycles. The van der Waals surface area contributed by atoms with Gasteiger partial charge in [0.25, 0.3) is 0 Å². The van der Waals surface area contributed by atoms with Gasteiger partial charge < -0.3 is 10.5 Å². The second kappa shape index (κ2) is 6.68. The second-order valence-electron chi connectivity index (χ2n) is 6.14. The van der Waals surface area contributed by atoms with Gasteiger partial charge in [-0.05, 0) is 33.2 Å². The number of nitrogens with one attached hydrogen (secondary N) is 1. The lowest BCUT2D eigenvalue weighted by molar-refractivity contribution is -0.0548. The highest BCUT2D eigenvalue weighted by Crippen LogP contribution is 2.18. The molecule has 0 amide bonds. The monoisotopic (exact) mass is 268 g/mol. The number of hydrogen-bond acceptors (Lipinski definition) is 4. The highest BCUT2D eigenvalue weighted by Gasteiger charge is 2.27. The van der Waals surface area contributed by atoms with Crippen molar-refractivity contribution in [3.63, 3.8) is 0 Å². The lowest BCUT2D eigenvalue weighted by atomic mass is 9.97. The molecule has 2 unspecified atom stereocenters. The lowest BCUT2D eigenvalue weighted by Crippen LogP contribution is -2.51. The summed E-state index contributed by atoms with van der Waals surface area (Å²) in [6.07, 6.45) is 2.52. The van der Waals surface area contributed by atoms with Crippen LogP contribution in [0.1, 0.15) is 26.7 Å². The maximum atomic E-state index is 7.60. The zero-order valence-corrected chi connectivity index (χ0v) is 12.3. The number of piperidine rings is 1. The van der Waals surface area contributed by atoms with E-state index in [0.29, 0.717) is 18.0 Å². The van der Waals surface area contributed by atoms with E-state index in [1.54, 1.807) is 0 Å². The fourth-order valence-electron chi connectivity index (χ4n) is 3.08. The molecule has 5 heteroatoms. The minimum atomic E-state index is 0.249. The molecule has 0 bridgehead atoms. The van der Waals surface area contributed by atoms with E-state index in [-0.39, 0.29) is 5.92 Å². The van der Waals surface area contributed by atoms with Gasteiger partial charge in [-0.3, -0.25) is 15.2 Å². The molecule has 19 heavy (non-hydrogen) atoms. The zero-order chi connectivity index (χ0) is 13.8. The minimum Gasteiger partial charge on any atom is -0.387 e. The van der Waals surface area contributed by atoms with Crippen molar-refractivity contribution in [3.05, 3.63) is 0 Å². The first-order chi connectivity index (χ1) is 9.06. The molecule has 2 atom stereocenters. The zero-order valence-electron chi connectivity index (χ0n) is 12.3. The Morgan fingerprint density at radius 3 is 2.84 bits per heavy atom. The van der Waals surface area contributed by atoms with Crippen LogP contribution < -0.4 is 5.73 Å². The van der Waals surface area contributed by atoms with Crippen molar-refractivity contribution in [2.24, 2.45) is 11.7 Å². The summed E-state index contributed by atoms with van der Waals surface area (Å²) in [5, 5.41) is 7.60. The molecule has 2 rings (SSSR count). The number of nitrogens with two attached hydrogens (primary N) is 1. The molecule has 0 aromatic carbocycles. The van der Waals surface area contributed by atoms with Crippen molar-refractivity contribution in [2.45, 2.75) is 38.8 Å². The Morgan fingerprint density at radius 2 is 2.16 bits per heavy atom. The highest BCUT2D eigenvalue weighted by atomic mass is 16.5. The van der Waals surface area contributed by atoms with Gasteiger partial charge in [0.2, 0.25) is 0 Å². The van der Waals surface area contributed by atoms with Crippen LogP contribution in [0.5, 0.6) is 0 Å². The van der Waals surface area contributed by atoms with Gasteiger partial charge in [-0.2, -0.15) is 0 Å². The van der Waals surface area contributed by atoms with Crippen LogP contribution in [-0.2, 0) is 4.74 Å². The first-order valence-electron chi connectivity index (χ1n) is 7.48. The molecule has 0 aromatic heterocycles. The molecule has 2 fully saturated rings. The average Bonchev–Trinajstić information content (AvgIpc) is 2.39. The molecule has 0 radical (unpaired) electrons. The molecule has 2 saturated heterocycles. The smallest absolute Gasteiger partial charge is 0.0949 e. The van der Waals surface area contributed by atoms with Crippen LogP contribution in [0.15, 0.2) is 0 Å². The fourth-order valence-corrected chi connectivity index (χ4v) is 3.08. The lowest BCUT2D eigenvalue weighted by Gasteiger charge is -2.39. The second-order valence-corrected chi connectivity index (χ2v) is 6.14. The van der Waals surface area contributed by atoms with Crippen molar-refractivity contribution in [3.8, 4) is 0 Å². The van der Waals surface area contributed by atoms with Gasteiger partial charge >= 0.3 is 0 Å². The van der Waals surface area contributed by atoms with Crippen molar-refractivity contribution < 1.29 is 4.74 Å². The van der Waals surface area contributed by atoms with Crippen molar-refractivity contribution in [1.82, 2.24) is 9.80 Å². The Morgan fingerprint density at radius 1 is 1.37 bits per heavy atom. The molecule has 0 aliphatic carbocycles. The molecule has 2 heterocycles. The van der Waals surface area contributed by atoms with Gasteiger partial charge in [-0.15, -0.1) is 0 Å². The molecular weight excluding hydrogens is 240 g/mol. The van der Waals surface area contributed by atoms with E-state index in [9.17, 15) is 0 Å². The van der Waals surface area contributed by atoms with E-state index in [0.717, 1.165) is 52.2 Å². The molecule has 3 N–H and O–H groups in total. The van der Waals surface area contributed by atoms with Crippen molar-refractivity contribution >= 4 is 5.84 Å². The fraction of sp³-hybridized carbons (Fsp3) is 0.929. The van der Waals surface area contributed by atoms with E-state index >= 15 is 0 Å². The summed E-state index contributed by atoms with van der Waals surface area (Å²) < 4.78 is 5.89. The Hall–Kier alpha value is -0.650. The highest BCUT2D eigenvalue weighted by molar-refractivity contribution is 5.79. The van der Waals surface area contributed by atoms with Crippen molar-refractivity contribution in [1.29, 1.82) is 5.41 Å². The summed E-state index contributed by atoms with van der Waals surface area (Å²) >= 11 is 0. The van der Waals surface area contributed by atoms with Gasteiger partial charge in [-0.25, -0.2) is 0 Å². The predicted octanol–water partition coefficient (Wildman–Crippen LogP) is 0.744. The van der Waals surface area contributed by atoms with Crippen LogP contribution in [0, 0.1) is 11.3 Å². The van der Waals surface area contributed by atoms with E-state index in [1.807, 2.05) is 0 Å². The SMILES string of the molecule is CC(C)N1CCOC(CN2CCCC(C(=N)N)C2)C1. The molecular formula is C14H28N4O. The Bertz CT molecular complexity index is 308. The number of rotatable bonds is 4. The van der Waals surface area contributed by atoms with Gasteiger partial charge in [0.1, 0.15) is 0 Å². The molecule has 2 aliphatic heterocycles. The molecule has 0 spiro atoms. The quantitative estimate of drug-likeness (QED) is 0.583. The molecule has 110 valence electrons. The third-order valence-electron chi connectivity index (χ3n) is 4.31. The van der Waals surface area contributed by atoms with Crippen LogP contribution in [0.2, 0.25) is 0 Å². The third-order valence-corrected chi connectivity index (χ3v) is 4.31. The number of hydrogen-bond donors (Lipinski definition) is 2. The third kappa shape index (κ3) is 4.16. The first kappa shape index (κ1) is 14.8. The van der Waals surface area contributed by atoms with E-state index < -0.39 is 0 Å². The van der Waals surface area contributed by atoms with Gasteiger partial charge in [0.05, 0.1) is 18.5 Å². The number of nitrogens with zero attached hydrogens (tertiary/aromatic N) is 2. The van der Waals surface area contributed by atoms with Gasteiger partial charge in [0, 0.05) is 38.1 Å². The van der Waals surface area contributed by atoms with Gasteiger partial charge in [0.15, 0.2) is 0 Å². The van der Waals surface area contributed by atoms with E-state index in [2.05, 4.69) is 23.6 Å². The number of ether oxygens (including phenoxy) is 1. The molecule has 0 aromatic rings. The number of morpholine rings is 1. The van der Waals surface area contributed by atoms with Crippen LogP contribution in [0.25, 0.3) is 0 Å². The number of amidine groups is 1. The topological polar surface area (TPSA) is 65.6 Å². The Kier molecular flexibility index (Phi) is 5.19. The summed E-state index contributed by atoms with van der Waals surface area (Å²) in [4.78, 5) is 4.91. The molecule has 2 aliphatic rings. The summed E-state index contributed by atoms with van der Waals surface area (Å²) in [6.45, 7) is 10.4. The summed E-state index contributed by atoms with van der Waals surface area (Å²) in [7, 11) is 0. The maximum absolute atomic E-state index is 7.60. The van der Waals surface area contributed by atoms with Crippen LogP contribution >= 0.6 is 0 Å². The normalized spacial score (nSPS) is 30.7. The largest absolute Gasteiger partial charge is 0.387 e. The maximum Gasteiger partial charge on any atom is 0.0949 e. The summed E-state index contributed by atoms with van der Waals surface area (Å²) in [5.74, 6) is 0.594.